The van der Waals surface area contributed by atoms with Crippen molar-refractivity contribution >= 4 is 0 Å². The van der Waals surface area contributed by atoms with Crippen LogP contribution in [-0.4, -0.2) is 6.61 Å². The fourth-order valence-electron chi connectivity index (χ4n) is 3.49. The van der Waals surface area contributed by atoms with Gasteiger partial charge in [-0.3, -0.25) is 0 Å². The van der Waals surface area contributed by atoms with Crippen molar-refractivity contribution in [2.75, 3.05) is 6.61 Å². The topological polar surface area (TPSA) is 9.23 Å². The molecule has 0 amide bonds. The summed E-state index contributed by atoms with van der Waals surface area (Å²) in [6.07, 6.45) is 5.82. The monoisotopic (exact) mass is 216 g/mol. The number of fused-ring (bicyclic) bond motifs is 2. The van der Waals surface area contributed by atoms with E-state index in [4.69, 9.17) is 4.74 Å². The van der Waals surface area contributed by atoms with Gasteiger partial charge < -0.3 is 4.74 Å². The molecule has 0 heterocycles. The van der Waals surface area contributed by atoms with Gasteiger partial charge in [0.1, 0.15) is 5.75 Å². The van der Waals surface area contributed by atoms with Gasteiger partial charge in [-0.2, -0.15) is 0 Å². The molecule has 0 N–H and O–H groups in total. The minimum atomic E-state index is 0.833. The lowest BCUT2D eigenvalue weighted by Crippen LogP contribution is -2.18. The number of hydrogen-bond acceptors (Lipinski definition) is 1. The number of rotatable bonds is 3. The summed E-state index contributed by atoms with van der Waals surface area (Å²) in [5, 5.41) is 0. The van der Waals surface area contributed by atoms with E-state index in [0.717, 1.165) is 30.1 Å². The number of hydrogen-bond donors (Lipinski definition) is 0. The fraction of sp³-hybridized carbons (Fsp3) is 0.600. The van der Waals surface area contributed by atoms with E-state index in [1.54, 1.807) is 0 Å². The third-order valence-corrected chi connectivity index (χ3v) is 4.34. The maximum atomic E-state index is 5.92. The van der Waals surface area contributed by atoms with Crippen LogP contribution in [-0.2, 0) is 0 Å². The van der Waals surface area contributed by atoms with Gasteiger partial charge in [0.05, 0.1) is 6.61 Å². The van der Waals surface area contributed by atoms with Gasteiger partial charge in [0.25, 0.3) is 0 Å². The summed E-state index contributed by atoms with van der Waals surface area (Å²) in [7, 11) is 0. The summed E-state index contributed by atoms with van der Waals surface area (Å²) in [6.45, 7) is 3.05. The summed E-state index contributed by atoms with van der Waals surface area (Å²) < 4.78 is 5.92. The second kappa shape index (κ2) is 4.12. The van der Waals surface area contributed by atoms with Gasteiger partial charge in [0.15, 0.2) is 0 Å². The highest BCUT2D eigenvalue weighted by Gasteiger charge is 2.39. The number of aryl methyl sites for hydroxylation is 1. The van der Waals surface area contributed by atoms with E-state index in [1.165, 1.54) is 31.2 Å². The van der Waals surface area contributed by atoms with Crippen molar-refractivity contribution in [3.05, 3.63) is 29.8 Å². The lowest BCUT2D eigenvalue weighted by Gasteiger charge is -2.21. The Bertz CT molecular complexity index is 371. The van der Waals surface area contributed by atoms with Gasteiger partial charge in [-0.15, -0.1) is 0 Å². The number of ether oxygens (including phenoxy) is 1. The normalized spacial score (nSPS) is 31.9. The second-order valence-corrected chi connectivity index (χ2v) is 5.56. The molecule has 3 atom stereocenters. The SMILES string of the molecule is Cc1cccc(OCC2CC3CCC2C3)c1. The first-order chi connectivity index (χ1) is 7.81. The minimum Gasteiger partial charge on any atom is -0.493 e. The molecule has 86 valence electrons. The zero-order valence-corrected chi connectivity index (χ0v) is 9.99. The molecule has 0 spiro atoms. The first-order valence-corrected chi connectivity index (χ1v) is 6.51. The van der Waals surface area contributed by atoms with Crippen LogP contribution in [0.4, 0.5) is 0 Å². The third kappa shape index (κ3) is 1.95. The summed E-state index contributed by atoms with van der Waals surface area (Å²) >= 11 is 0. The molecule has 1 nitrogen and oxygen atoms in total. The Hall–Kier alpha value is -0.980. The Balaban J connectivity index is 1.57. The maximum Gasteiger partial charge on any atom is 0.119 e. The molecule has 3 unspecified atom stereocenters. The summed E-state index contributed by atoms with van der Waals surface area (Å²) in [4.78, 5) is 0. The molecule has 1 aromatic carbocycles. The first-order valence-electron chi connectivity index (χ1n) is 6.51. The molecule has 2 saturated carbocycles. The van der Waals surface area contributed by atoms with Crippen molar-refractivity contribution in [1.29, 1.82) is 0 Å². The van der Waals surface area contributed by atoms with E-state index in [1.807, 2.05) is 0 Å². The molecule has 0 aromatic heterocycles. The predicted molar refractivity (Wildman–Crippen MR) is 65.6 cm³/mol. The lowest BCUT2D eigenvalue weighted by molar-refractivity contribution is 0.195. The van der Waals surface area contributed by atoms with Gasteiger partial charge in [-0.05, 0) is 61.6 Å². The smallest absolute Gasteiger partial charge is 0.119 e. The van der Waals surface area contributed by atoms with Gasteiger partial charge in [-0.1, -0.05) is 18.6 Å². The molecule has 1 heteroatoms. The predicted octanol–water partition coefficient (Wildman–Crippen LogP) is 3.81. The van der Waals surface area contributed by atoms with Crippen molar-refractivity contribution in [2.45, 2.75) is 32.6 Å². The average Bonchev–Trinajstić information content (AvgIpc) is 2.88. The van der Waals surface area contributed by atoms with E-state index >= 15 is 0 Å². The minimum absolute atomic E-state index is 0.833. The summed E-state index contributed by atoms with van der Waals surface area (Å²) in [5.41, 5.74) is 1.28. The van der Waals surface area contributed by atoms with E-state index in [9.17, 15) is 0 Å². The Morgan fingerprint density at radius 2 is 2.19 bits per heavy atom. The molecule has 0 saturated heterocycles. The van der Waals surface area contributed by atoms with Crippen LogP contribution >= 0.6 is 0 Å². The van der Waals surface area contributed by atoms with Crippen LogP contribution in [0.1, 0.15) is 31.2 Å². The van der Waals surface area contributed by atoms with Crippen molar-refractivity contribution in [2.24, 2.45) is 17.8 Å². The van der Waals surface area contributed by atoms with Gasteiger partial charge in [0.2, 0.25) is 0 Å². The molecular formula is C15H20O. The summed E-state index contributed by atoms with van der Waals surface area (Å²) in [5.74, 6) is 3.87. The number of benzene rings is 1. The highest BCUT2D eigenvalue weighted by Crippen LogP contribution is 2.48. The molecule has 3 rings (SSSR count). The van der Waals surface area contributed by atoms with Crippen LogP contribution in [0.2, 0.25) is 0 Å². The van der Waals surface area contributed by atoms with Crippen LogP contribution in [0.3, 0.4) is 0 Å². The largest absolute Gasteiger partial charge is 0.493 e. The Morgan fingerprint density at radius 3 is 2.88 bits per heavy atom. The van der Waals surface area contributed by atoms with Crippen molar-refractivity contribution in [3.63, 3.8) is 0 Å². The van der Waals surface area contributed by atoms with Crippen molar-refractivity contribution in [1.82, 2.24) is 0 Å². The second-order valence-electron chi connectivity index (χ2n) is 5.56. The third-order valence-electron chi connectivity index (χ3n) is 4.34. The van der Waals surface area contributed by atoms with Crippen LogP contribution in [0.25, 0.3) is 0 Å². The fourth-order valence-corrected chi connectivity index (χ4v) is 3.49. The van der Waals surface area contributed by atoms with Gasteiger partial charge in [-0.25, -0.2) is 0 Å². The highest BCUT2D eigenvalue weighted by molar-refractivity contribution is 5.27. The van der Waals surface area contributed by atoms with E-state index in [-0.39, 0.29) is 0 Å². The standard InChI is InChI=1S/C15H20O/c1-11-3-2-4-15(7-11)16-10-14-9-12-5-6-13(14)8-12/h2-4,7,12-14H,5-6,8-10H2,1H3. The molecule has 1 aromatic rings. The quantitative estimate of drug-likeness (QED) is 0.746. The van der Waals surface area contributed by atoms with Crippen molar-refractivity contribution in [3.8, 4) is 5.75 Å². The maximum absolute atomic E-state index is 5.92. The van der Waals surface area contributed by atoms with Crippen LogP contribution in [0.5, 0.6) is 5.75 Å². The Labute approximate surface area is 97.8 Å². The van der Waals surface area contributed by atoms with E-state index in [0.29, 0.717) is 0 Å². The first kappa shape index (κ1) is 10.2. The zero-order chi connectivity index (χ0) is 11.0. The molecule has 16 heavy (non-hydrogen) atoms. The Kier molecular flexibility index (Phi) is 2.62. The molecule has 2 aliphatic carbocycles. The lowest BCUT2D eigenvalue weighted by atomic mass is 9.89. The van der Waals surface area contributed by atoms with Gasteiger partial charge in [0, 0.05) is 0 Å². The van der Waals surface area contributed by atoms with E-state index < -0.39 is 0 Å². The molecule has 0 radical (unpaired) electrons. The highest BCUT2D eigenvalue weighted by atomic mass is 16.5. The molecule has 0 aliphatic heterocycles. The summed E-state index contributed by atoms with van der Waals surface area (Å²) in [6, 6.07) is 8.39. The van der Waals surface area contributed by atoms with Crippen molar-refractivity contribution < 1.29 is 4.74 Å². The molecule has 2 fully saturated rings. The van der Waals surface area contributed by atoms with Crippen LogP contribution in [0.15, 0.2) is 24.3 Å². The van der Waals surface area contributed by atoms with Crippen LogP contribution < -0.4 is 4.74 Å². The van der Waals surface area contributed by atoms with Gasteiger partial charge >= 0.3 is 0 Å². The molecule has 2 bridgehead atoms. The average molecular weight is 216 g/mol. The van der Waals surface area contributed by atoms with E-state index in [2.05, 4.69) is 31.2 Å². The molecule has 2 aliphatic rings. The molecular weight excluding hydrogens is 196 g/mol. The zero-order valence-electron chi connectivity index (χ0n) is 9.99. The van der Waals surface area contributed by atoms with Crippen LogP contribution in [0, 0.1) is 24.7 Å². The Morgan fingerprint density at radius 1 is 1.25 bits per heavy atom.